The molecule has 4 heteroatoms. The molecule has 3 rings (SSSR count). The summed E-state index contributed by atoms with van der Waals surface area (Å²) >= 11 is 0. The fourth-order valence-electron chi connectivity index (χ4n) is 4.12. The molecule has 2 aliphatic heterocycles. The first-order valence-electron chi connectivity index (χ1n) is 10.4. The maximum atomic E-state index is 11.2. The van der Waals surface area contributed by atoms with Crippen molar-refractivity contribution in [2.24, 2.45) is 0 Å². The van der Waals surface area contributed by atoms with Crippen molar-refractivity contribution < 1.29 is 9.90 Å². The zero-order valence-corrected chi connectivity index (χ0v) is 16.1. The highest BCUT2D eigenvalue weighted by Gasteiger charge is 2.20. The van der Waals surface area contributed by atoms with E-state index < -0.39 is 5.97 Å². The first-order chi connectivity index (χ1) is 13.2. The van der Waals surface area contributed by atoms with Crippen LogP contribution in [0.3, 0.4) is 0 Å². The summed E-state index contributed by atoms with van der Waals surface area (Å²) in [6.45, 7) is 1.10. The number of carboxylic acid groups (broad SMARTS) is 1. The molecular weight excluding hydrogens is 336 g/mol. The molecule has 4 nitrogen and oxygen atoms in total. The normalized spacial score (nSPS) is 20.1. The van der Waals surface area contributed by atoms with Crippen LogP contribution in [0.1, 0.15) is 69.3 Å². The Morgan fingerprint density at radius 3 is 2.74 bits per heavy atom. The van der Waals surface area contributed by atoms with E-state index in [2.05, 4.69) is 34.9 Å². The van der Waals surface area contributed by atoms with E-state index >= 15 is 0 Å². The number of aliphatic carboxylic acids is 1. The van der Waals surface area contributed by atoms with Gasteiger partial charge in [-0.2, -0.15) is 0 Å². The highest BCUT2D eigenvalue weighted by Crippen LogP contribution is 2.26. The number of hydrogen-bond acceptors (Lipinski definition) is 3. The summed E-state index contributed by atoms with van der Waals surface area (Å²) in [5.41, 5.74) is 3.97. The van der Waals surface area contributed by atoms with E-state index in [0.717, 1.165) is 31.4 Å². The molecule has 27 heavy (non-hydrogen) atoms. The average Bonchev–Trinajstić information content (AvgIpc) is 2.70. The second-order valence-corrected chi connectivity index (χ2v) is 7.73. The number of benzene rings is 1. The number of unbranched alkanes of at least 4 members (excludes halogenated alkanes) is 3. The van der Waals surface area contributed by atoms with Crippen LogP contribution in [0.5, 0.6) is 0 Å². The molecule has 1 saturated heterocycles. The van der Waals surface area contributed by atoms with Crippen LogP contribution in [0, 0.1) is 0 Å². The van der Waals surface area contributed by atoms with E-state index in [9.17, 15) is 9.90 Å². The van der Waals surface area contributed by atoms with Crippen molar-refractivity contribution >= 4 is 5.97 Å². The molecule has 1 fully saturated rings. The smallest absolute Gasteiger partial charge is 0.303 e. The quantitative estimate of drug-likeness (QED) is 0.524. The Hall–Kier alpha value is -2.07. The molecule has 1 aromatic carbocycles. The van der Waals surface area contributed by atoms with Gasteiger partial charge in [0.15, 0.2) is 0 Å². The predicted molar refractivity (Wildman–Crippen MR) is 109 cm³/mol. The van der Waals surface area contributed by atoms with Gasteiger partial charge in [-0.3, -0.25) is 10.1 Å². The second-order valence-electron chi connectivity index (χ2n) is 7.73. The summed E-state index contributed by atoms with van der Waals surface area (Å²) in [7, 11) is 0. The highest BCUT2D eigenvalue weighted by molar-refractivity contribution is 5.68. The summed E-state index contributed by atoms with van der Waals surface area (Å²) in [6.07, 6.45) is 14.2. The molecule has 0 aliphatic carbocycles. The molecule has 1 aromatic rings. The van der Waals surface area contributed by atoms with Crippen molar-refractivity contribution in [3.8, 4) is 0 Å². The van der Waals surface area contributed by atoms with E-state index in [-0.39, 0.29) is 12.3 Å². The number of hydrogen-bond donors (Lipinski definition) is 3. The molecule has 3 N–H and O–H groups in total. The first kappa shape index (κ1) is 19.7. The minimum Gasteiger partial charge on any atom is -0.481 e. The number of allylic oxidation sites excluding steroid dienone is 3. The van der Waals surface area contributed by atoms with Crippen molar-refractivity contribution in [2.75, 3.05) is 6.54 Å². The van der Waals surface area contributed by atoms with Gasteiger partial charge in [0.05, 0.1) is 12.6 Å². The van der Waals surface area contributed by atoms with Crippen LogP contribution in [0.15, 0.2) is 53.8 Å². The van der Waals surface area contributed by atoms with Crippen molar-refractivity contribution in [3.05, 3.63) is 59.3 Å². The highest BCUT2D eigenvalue weighted by atomic mass is 16.4. The van der Waals surface area contributed by atoms with Crippen LogP contribution < -0.4 is 10.6 Å². The number of fused-ring (bicyclic) bond motifs is 1. The molecule has 2 atom stereocenters. The number of piperidine rings is 1. The number of nitrogens with one attached hydrogen (secondary N) is 2. The largest absolute Gasteiger partial charge is 0.481 e. The Balaban J connectivity index is 1.35. The molecule has 2 heterocycles. The lowest BCUT2D eigenvalue weighted by Crippen LogP contribution is -2.47. The van der Waals surface area contributed by atoms with Gasteiger partial charge in [0.1, 0.15) is 0 Å². The fraction of sp³-hybridized carbons (Fsp3) is 0.522. The monoisotopic (exact) mass is 368 g/mol. The first-order valence-corrected chi connectivity index (χ1v) is 10.4. The van der Waals surface area contributed by atoms with Gasteiger partial charge >= 0.3 is 5.97 Å². The minimum absolute atomic E-state index is 0.132. The molecule has 146 valence electrons. The van der Waals surface area contributed by atoms with E-state index in [1.165, 1.54) is 43.4 Å². The van der Waals surface area contributed by atoms with Crippen LogP contribution in [0.4, 0.5) is 0 Å². The summed E-state index contributed by atoms with van der Waals surface area (Å²) in [5, 5.41) is 16.4. The summed E-state index contributed by atoms with van der Waals surface area (Å²) in [5.74, 6) is -0.574. The number of carbonyl (C=O) groups is 1. The molecular formula is C23H32N2O2. The summed E-state index contributed by atoms with van der Waals surface area (Å²) in [6, 6.07) is 10.1. The second kappa shape index (κ2) is 10.3. The van der Waals surface area contributed by atoms with Gasteiger partial charge in [-0.25, -0.2) is 0 Å². The molecule has 0 saturated carbocycles. The van der Waals surface area contributed by atoms with Gasteiger partial charge in [0.2, 0.25) is 0 Å². The van der Waals surface area contributed by atoms with Gasteiger partial charge in [-0.05, 0) is 61.8 Å². The predicted octanol–water partition coefficient (Wildman–Crippen LogP) is 4.71. The Kier molecular flexibility index (Phi) is 7.52. The van der Waals surface area contributed by atoms with Crippen LogP contribution in [0.25, 0.3) is 0 Å². The summed E-state index contributed by atoms with van der Waals surface area (Å²) in [4.78, 5) is 11.2. The zero-order valence-electron chi connectivity index (χ0n) is 16.1. The van der Waals surface area contributed by atoms with Crippen molar-refractivity contribution in [1.29, 1.82) is 0 Å². The Bertz CT molecular complexity index is 666. The van der Waals surface area contributed by atoms with E-state index in [1.54, 1.807) is 0 Å². The SMILES string of the molecule is O=C(O)CC(CCCCCCC1=CC=C2CCCNC2N1)c1ccccc1. The number of carboxylic acids is 1. The Morgan fingerprint density at radius 1 is 1.11 bits per heavy atom. The van der Waals surface area contributed by atoms with Crippen molar-refractivity contribution in [2.45, 2.75) is 69.9 Å². The Labute approximate surface area is 162 Å². The summed E-state index contributed by atoms with van der Waals surface area (Å²) < 4.78 is 0. The lowest BCUT2D eigenvalue weighted by Gasteiger charge is -2.32. The number of rotatable bonds is 10. The fourth-order valence-corrected chi connectivity index (χ4v) is 4.12. The third-order valence-corrected chi connectivity index (χ3v) is 5.63. The topological polar surface area (TPSA) is 61.4 Å². The molecule has 0 spiro atoms. The third kappa shape index (κ3) is 6.24. The zero-order chi connectivity index (χ0) is 18.9. The van der Waals surface area contributed by atoms with Gasteiger partial charge in [-0.1, -0.05) is 55.7 Å². The third-order valence-electron chi connectivity index (χ3n) is 5.63. The van der Waals surface area contributed by atoms with Crippen molar-refractivity contribution in [3.63, 3.8) is 0 Å². The van der Waals surface area contributed by atoms with Crippen LogP contribution in [0.2, 0.25) is 0 Å². The number of dihydropyridines is 1. The van der Waals surface area contributed by atoms with Crippen LogP contribution in [-0.4, -0.2) is 23.8 Å². The van der Waals surface area contributed by atoms with E-state index in [0.29, 0.717) is 6.17 Å². The van der Waals surface area contributed by atoms with Gasteiger partial charge in [0.25, 0.3) is 0 Å². The lowest BCUT2D eigenvalue weighted by atomic mass is 9.90. The minimum atomic E-state index is -0.706. The van der Waals surface area contributed by atoms with Crippen LogP contribution in [-0.2, 0) is 4.79 Å². The molecule has 0 amide bonds. The molecule has 2 aliphatic rings. The maximum Gasteiger partial charge on any atom is 0.303 e. The standard InChI is InChI=1S/C23H32N2O2/c26-22(27)17-20(18-9-5-3-6-10-18)11-4-1-2-7-13-21-15-14-19-12-8-16-24-23(19)25-21/h3,5-6,9-10,14-15,20,23-25H,1-2,4,7-8,11-13,16-17H2,(H,26,27). The molecule has 0 radical (unpaired) electrons. The van der Waals surface area contributed by atoms with E-state index in [4.69, 9.17) is 0 Å². The van der Waals surface area contributed by atoms with Crippen LogP contribution >= 0.6 is 0 Å². The van der Waals surface area contributed by atoms with Gasteiger partial charge in [0, 0.05) is 5.70 Å². The molecule has 2 unspecified atom stereocenters. The lowest BCUT2D eigenvalue weighted by molar-refractivity contribution is -0.137. The maximum absolute atomic E-state index is 11.2. The molecule has 0 bridgehead atoms. The molecule has 0 aromatic heterocycles. The van der Waals surface area contributed by atoms with Crippen molar-refractivity contribution in [1.82, 2.24) is 10.6 Å². The Morgan fingerprint density at radius 2 is 1.93 bits per heavy atom. The average molecular weight is 369 g/mol. The van der Waals surface area contributed by atoms with Gasteiger partial charge < -0.3 is 10.4 Å². The van der Waals surface area contributed by atoms with Gasteiger partial charge in [-0.15, -0.1) is 0 Å². The van der Waals surface area contributed by atoms with E-state index in [1.807, 2.05) is 18.2 Å².